The van der Waals surface area contributed by atoms with Crippen molar-refractivity contribution in [3.63, 3.8) is 0 Å². The van der Waals surface area contributed by atoms with Gasteiger partial charge in [0.15, 0.2) is 11.6 Å². The van der Waals surface area contributed by atoms with Gasteiger partial charge in [-0.15, -0.1) is 6.58 Å². The highest BCUT2D eigenvalue weighted by Crippen LogP contribution is 2.27. The molecule has 0 aliphatic heterocycles. The molecule has 0 heterocycles. The van der Waals surface area contributed by atoms with E-state index in [-0.39, 0.29) is 0 Å². The third-order valence-corrected chi connectivity index (χ3v) is 2.17. The summed E-state index contributed by atoms with van der Waals surface area (Å²) < 4.78 is 31.0. The Kier molecular flexibility index (Phi) is 4.07. The molecule has 0 aromatic heterocycles. The molecule has 0 aliphatic carbocycles. The van der Waals surface area contributed by atoms with Crippen LogP contribution in [-0.4, -0.2) is 6.61 Å². The Balaban J connectivity index is 2.76. The summed E-state index contributed by atoms with van der Waals surface area (Å²) in [6, 6.07) is 2.06. The van der Waals surface area contributed by atoms with Gasteiger partial charge in [0.1, 0.15) is 5.75 Å². The SMILES string of the molecule is C=CCCOc1cc(F)c(F)cc1Br. The molecule has 0 N–H and O–H groups in total. The molecule has 0 atom stereocenters. The Bertz CT molecular complexity index is 339. The summed E-state index contributed by atoms with van der Waals surface area (Å²) in [6.45, 7) is 3.92. The summed E-state index contributed by atoms with van der Waals surface area (Å²) in [6.07, 6.45) is 2.35. The number of hydrogen-bond acceptors (Lipinski definition) is 1. The second-order valence-corrected chi connectivity index (χ2v) is 3.48. The zero-order chi connectivity index (χ0) is 10.6. The molecule has 1 aromatic carbocycles. The fraction of sp³-hybridized carbons (Fsp3) is 0.200. The van der Waals surface area contributed by atoms with Crippen molar-refractivity contribution in [2.75, 3.05) is 6.61 Å². The van der Waals surface area contributed by atoms with Crippen molar-refractivity contribution in [1.82, 2.24) is 0 Å². The van der Waals surface area contributed by atoms with E-state index in [1.165, 1.54) is 0 Å². The summed E-state index contributed by atoms with van der Waals surface area (Å²) >= 11 is 3.08. The number of ether oxygens (including phenoxy) is 1. The summed E-state index contributed by atoms with van der Waals surface area (Å²) in [5.41, 5.74) is 0. The highest BCUT2D eigenvalue weighted by Gasteiger charge is 2.08. The van der Waals surface area contributed by atoms with E-state index >= 15 is 0 Å². The van der Waals surface area contributed by atoms with E-state index in [4.69, 9.17) is 4.74 Å². The molecular weight excluding hydrogens is 254 g/mol. The van der Waals surface area contributed by atoms with Crippen LogP contribution in [0.4, 0.5) is 8.78 Å². The van der Waals surface area contributed by atoms with Gasteiger partial charge in [0.2, 0.25) is 0 Å². The van der Waals surface area contributed by atoms with E-state index < -0.39 is 11.6 Å². The maximum atomic E-state index is 12.8. The second kappa shape index (κ2) is 5.10. The largest absolute Gasteiger partial charge is 0.492 e. The normalized spacial score (nSPS) is 9.93. The molecule has 0 unspecified atom stereocenters. The Morgan fingerprint density at radius 3 is 2.64 bits per heavy atom. The van der Waals surface area contributed by atoms with Crippen molar-refractivity contribution in [3.05, 3.63) is 40.9 Å². The number of halogens is 3. The van der Waals surface area contributed by atoms with Crippen LogP contribution in [0, 0.1) is 11.6 Å². The first-order chi connectivity index (χ1) is 6.65. The van der Waals surface area contributed by atoms with Crippen LogP contribution in [-0.2, 0) is 0 Å². The maximum Gasteiger partial charge on any atom is 0.162 e. The standard InChI is InChI=1S/C10H9BrF2O/c1-2-3-4-14-10-6-9(13)8(12)5-7(10)11/h2,5-6H,1,3-4H2. The lowest BCUT2D eigenvalue weighted by Gasteiger charge is -2.07. The van der Waals surface area contributed by atoms with Crippen LogP contribution >= 0.6 is 15.9 Å². The van der Waals surface area contributed by atoms with Crippen molar-refractivity contribution in [1.29, 1.82) is 0 Å². The zero-order valence-electron chi connectivity index (χ0n) is 7.40. The van der Waals surface area contributed by atoms with Crippen molar-refractivity contribution in [3.8, 4) is 5.75 Å². The van der Waals surface area contributed by atoms with Crippen molar-refractivity contribution in [2.45, 2.75) is 6.42 Å². The van der Waals surface area contributed by atoms with Crippen LogP contribution in [0.2, 0.25) is 0 Å². The fourth-order valence-corrected chi connectivity index (χ4v) is 1.30. The molecule has 0 spiro atoms. The molecule has 1 rings (SSSR count). The van der Waals surface area contributed by atoms with Gasteiger partial charge < -0.3 is 4.74 Å². The van der Waals surface area contributed by atoms with Crippen LogP contribution in [0.25, 0.3) is 0 Å². The van der Waals surface area contributed by atoms with Gasteiger partial charge >= 0.3 is 0 Å². The number of hydrogen-bond donors (Lipinski definition) is 0. The topological polar surface area (TPSA) is 9.23 Å². The van der Waals surface area contributed by atoms with Gasteiger partial charge in [-0.05, 0) is 28.4 Å². The summed E-state index contributed by atoms with van der Waals surface area (Å²) in [5.74, 6) is -1.51. The molecule has 0 aliphatic rings. The third kappa shape index (κ3) is 2.80. The molecule has 4 heteroatoms. The van der Waals surface area contributed by atoms with Crippen LogP contribution < -0.4 is 4.74 Å². The Morgan fingerprint density at radius 1 is 1.36 bits per heavy atom. The van der Waals surface area contributed by atoms with Gasteiger partial charge in [0, 0.05) is 6.07 Å². The first-order valence-electron chi connectivity index (χ1n) is 4.03. The first-order valence-corrected chi connectivity index (χ1v) is 4.82. The van der Waals surface area contributed by atoms with Crippen LogP contribution in [0.1, 0.15) is 6.42 Å². The van der Waals surface area contributed by atoms with Gasteiger partial charge in [0.05, 0.1) is 11.1 Å². The fourth-order valence-electron chi connectivity index (χ4n) is 0.867. The van der Waals surface area contributed by atoms with E-state index in [0.717, 1.165) is 12.1 Å². The zero-order valence-corrected chi connectivity index (χ0v) is 8.98. The highest BCUT2D eigenvalue weighted by molar-refractivity contribution is 9.10. The Hall–Kier alpha value is -0.900. The minimum atomic E-state index is -0.915. The molecule has 14 heavy (non-hydrogen) atoms. The summed E-state index contributed by atoms with van der Waals surface area (Å²) in [4.78, 5) is 0. The molecule has 1 nitrogen and oxygen atoms in total. The molecule has 76 valence electrons. The molecule has 0 amide bonds. The number of rotatable bonds is 4. The van der Waals surface area contributed by atoms with E-state index in [1.807, 2.05) is 0 Å². The van der Waals surface area contributed by atoms with Gasteiger partial charge in [0.25, 0.3) is 0 Å². The van der Waals surface area contributed by atoms with Gasteiger partial charge in [-0.3, -0.25) is 0 Å². The third-order valence-electron chi connectivity index (χ3n) is 1.55. The van der Waals surface area contributed by atoms with E-state index in [9.17, 15) is 8.78 Å². The van der Waals surface area contributed by atoms with Gasteiger partial charge in [-0.2, -0.15) is 0 Å². The van der Waals surface area contributed by atoms with Crippen molar-refractivity contribution < 1.29 is 13.5 Å². The maximum absolute atomic E-state index is 12.8. The highest BCUT2D eigenvalue weighted by atomic mass is 79.9. The molecule has 0 saturated heterocycles. The average Bonchev–Trinajstić information content (AvgIpc) is 2.14. The van der Waals surface area contributed by atoms with Crippen LogP contribution in [0.5, 0.6) is 5.75 Å². The Labute approximate surface area is 89.5 Å². The lowest BCUT2D eigenvalue weighted by Crippen LogP contribution is -1.97. The minimum Gasteiger partial charge on any atom is -0.492 e. The lowest BCUT2D eigenvalue weighted by molar-refractivity contribution is 0.319. The minimum absolute atomic E-state index is 0.297. The van der Waals surface area contributed by atoms with Gasteiger partial charge in [-0.1, -0.05) is 6.08 Å². The first kappa shape index (κ1) is 11.2. The molecular formula is C10H9BrF2O. The quantitative estimate of drug-likeness (QED) is 0.457. The van der Waals surface area contributed by atoms with Crippen molar-refractivity contribution >= 4 is 15.9 Å². The number of benzene rings is 1. The van der Waals surface area contributed by atoms with Gasteiger partial charge in [-0.25, -0.2) is 8.78 Å². The summed E-state index contributed by atoms with van der Waals surface area (Å²) in [7, 11) is 0. The van der Waals surface area contributed by atoms with Crippen LogP contribution in [0.3, 0.4) is 0 Å². The predicted molar refractivity (Wildman–Crippen MR) is 54.4 cm³/mol. The lowest BCUT2D eigenvalue weighted by atomic mass is 10.3. The molecule has 0 saturated carbocycles. The average molecular weight is 263 g/mol. The molecule has 0 fully saturated rings. The summed E-state index contributed by atoms with van der Waals surface area (Å²) in [5, 5.41) is 0. The van der Waals surface area contributed by atoms with E-state index in [0.29, 0.717) is 23.2 Å². The Morgan fingerprint density at radius 2 is 2.00 bits per heavy atom. The monoisotopic (exact) mass is 262 g/mol. The van der Waals surface area contributed by atoms with Crippen molar-refractivity contribution in [2.24, 2.45) is 0 Å². The molecule has 0 bridgehead atoms. The van der Waals surface area contributed by atoms with E-state index in [1.54, 1.807) is 6.08 Å². The second-order valence-electron chi connectivity index (χ2n) is 2.62. The van der Waals surface area contributed by atoms with Crippen LogP contribution in [0.15, 0.2) is 29.3 Å². The molecule has 1 aromatic rings. The van der Waals surface area contributed by atoms with E-state index in [2.05, 4.69) is 22.5 Å². The predicted octanol–water partition coefficient (Wildman–Crippen LogP) is 3.68. The smallest absolute Gasteiger partial charge is 0.162 e. The molecule has 0 radical (unpaired) electrons.